The maximum atomic E-state index is 9.42. The molecule has 0 bridgehead atoms. The Morgan fingerprint density at radius 1 is 1.44 bits per heavy atom. The molecule has 0 aromatic carbocycles. The number of hydrogen-bond acceptors (Lipinski definition) is 4. The van der Waals surface area contributed by atoms with Crippen LogP contribution in [0.2, 0.25) is 0 Å². The fraction of sp³-hybridized carbons (Fsp3) is 0.643. The molecule has 0 radical (unpaired) electrons. The largest absolute Gasteiger partial charge is 0.387 e. The van der Waals surface area contributed by atoms with E-state index >= 15 is 0 Å². The first-order valence-corrected chi connectivity index (χ1v) is 6.59. The van der Waals surface area contributed by atoms with Crippen molar-refractivity contribution in [2.45, 2.75) is 25.9 Å². The minimum atomic E-state index is -0.500. The molecule has 1 N–H and O–H groups in total. The molecular weight excluding hydrogens is 228 g/mol. The summed E-state index contributed by atoms with van der Waals surface area (Å²) in [6, 6.07) is 3.91. The predicted octanol–water partition coefficient (Wildman–Crippen LogP) is 2.00. The van der Waals surface area contributed by atoms with Crippen molar-refractivity contribution < 1.29 is 9.84 Å². The molecule has 0 aliphatic carbocycles. The minimum absolute atomic E-state index is 0.500. The van der Waals surface area contributed by atoms with E-state index in [1.165, 1.54) is 0 Å². The number of nitrogens with zero attached hydrogens (tertiary/aromatic N) is 2. The highest BCUT2D eigenvalue weighted by Crippen LogP contribution is 2.20. The van der Waals surface area contributed by atoms with Gasteiger partial charge in [0, 0.05) is 26.8 Å². The van der Waals surface area contributed by atoms with Crippen molar-refractivity contribution in [2.24, 2.45) is 5.92 Å². The number of ether oxygens (including phenoxy) is 1. The van der Waals surface area contributed by atoms with Crippen LogP contribution in [0, 0.1) is 5.92 Å². The molecule has 1 aliphatic rings. The summed E-state index contributed by atoms with van der Waals surface area (Å²) >= 11 is 0. The van der Waals surface area contributed by atoms with Crippen molar-refractivity contribution >= 4 is 5.69 Å². The molecule has 0 amide bonds. The SMILES string of the molecule is C[C@H](O)c1ccc(N(C)CC2CCOCC2)cn1. The lowest BCUT2D eigenvalue weighted by molar-refractivity contribution is 0.0685. The Kier molecular flexibility index (Phi) is 4.55. The van der Waals surface area contributed by atoms with Crippen molar-refractivity contribution in [3.63, 3.8) is 0 Å². The number of hydrogen-bond donors (Lipinski definition) is 1. The summed E-state index contributed by atoms with van der Waals surface area (Å²) < 4.78 is 5.37. The Morgan fingerprint density at radius 3 is 2.72 bits per heavy atom. The van der Waals surface area contributed by atoms with Gasteiger partial charge in [-0.05, 0) is 37.8 Å². The van der Waals surface area contributed by atoms with Gasteiger partial charge in [0.15, 0.2) is 0 Å². The smallest absolute Gasteiger partial charge is 0.0931 e. The van der Waals surface area contributed by atoms with Crippen molar-refractivity contribution in [3.05, 3.63) is 24.0 Å². The minimum Gasteiger partial charge on any atom is -0.387 e. The molecule has 4 nitrogen and oxygen atoms in total. The van der Waals surface area contributed by atoms with Gasteiger partial charge in [-0.2, -0.15) is 0 Å². The predicted molar refractivity (Wildman–Crippen MR) is 71.7 cm³/mol. The number of aliphatic hydroxyl groups excluding tert-OH is 1. The number of rotatable bonds is 4. The van der Waals surface area contributed by atoms with Crippen LogP contribution in [0.3, 0.4) is 0 Å². The van der Waals surface area contributed by atoms with Gasteiger partial charge in [-0.15, -0.1) is 0 Å². The van der Waals surface area contributed by atoms with Gasteiger partial charge in [-0.25, -0.2) is 0 Å². The van der Waals surface area contributed by atoms with Crippen LogP contribution in [-0.2, 0) is 4.74 Å². The van der Waals surface area contributed by atoms with Crippen LogP contribution in [0.4, 0.5) is 5.69 Å². The molecule has 2 rings (SSSR count). The van der Waals surface area contributed by atoms with Gasteiger partial charge < -0.3 is 14.7 Å². The lowest BCUT2D eigenvalue weighted by Crippen LogP contribution is -2.29. The summed E-state index contributed by atoms with van der Waals surface area (Å²) in [4.78, 5) is 6.51. The van der Waals surface area contributed by atoms with E-state index in [2.05, 4.69) is 16.9 Å². The van der Waals surface area contributed by atoms with Crippen molar-refractivity contribution in [1.29, 1.82) is 0 Å². The first-order valence-electron chi connectivity index (χ1n) is 6.59. The average molecular weight is 250 g/mol. The molecule has 0 saturated carbocycles. The van der Waals surface area contributed by atoms with Crippen LogP contribution in [-0.4, -0.2) is 36.9 Å². The second-order valence-electron chi connectivity index (χ2n) is 5.05. The molecule has 100 valence electrons. The molecule has 1 fully saturated rings. The number of aromatic nitrogens is 1. The molecule has 2 heterocycles. The molecule has 4 heteroatoms. The van der Waals surface area contributed by atoms with Crippen LogP contribution in [0.15, 0.2) is 18.3 Å². The fourth-order valence-corrected chi connectivity index (χ4v) is 2.29. The van der Waals surface area contributed by atoms with Gasteiger partial charge in [-0.3, -0.25) is 4.98 Å². The van der Waals surface area contributed by atoms with E-state index in [4.69, 9.17) is 4.74 Å². The van der Waals surface area contributed by atoms with E-state index in [0.717, 1.165) is 44.0 Å². The topological polar surface area (TPSA) is 45.6 Å². The van der Waals surface area contributed by atoms with Crippen molar-refractivity contribution in [1.82, 2.24) is 4.98 Å². The van der Waals surface area contributed by atoms with E-state index in [-0.39, 0.29) is 0 Å². The number of pyridine rings is 1. The molecule has 1 aromatic rings. The highest BCUT2D eigenvalue weighted by molar-refractivity contribution is 5.43. The van der Waals surface area contributed by atoms with Crippen LogP contribution in [0.25, 0.3) is 0 Å². The van der Waals surface area contributed by atoms with E-state index in [0.29, 0.717) is 5.92 Å². The normalized spacial score (nSPS) is 18.6. The van der Waals surface area contributed by atoms with E-state index in [9.17, 15) is 5.11 Å². The molecule has 0 unspecified atom stereocenters. The van der Waals surface area contributed by atoms with E-state index in [1.54, 1.807) is 6.92 Å². The Bertz CT molecular complexity index is 359. The van der Waals surface area contributed by atoms with Gasteiger partial charge in [0.05, 0.1) is 23.7 Å². The Balaban J connectivity index is 1.93. The van der Waals surface area contributed by atoms with Crippen LogP contribution in [0.1, 0.15) is 31.6 Å². The van der Waals surface area contributed by atoms with Crippen LogP contribution in [0.5, 0.6) is 0 Å². The molecule has 18 heavy (non-hydrogen) atoms. The third kappa shape index (κ3) is 3.43. The summed E-state index contributed by atoms with van der Waals surface area (Å²) in [7, 11) is 2.09. The monoisotopic (exact) mass is 250 g/mol. The maximum absolute atomic E-state index is 9.42. The summed E-state index contributed by atoms with van der Waals surface area (Å²) in [5.74, 6) is 0.709. The second kappa shape index (κ2) is 6.16. The number of aliphatic hydroxyl groups is 1. The summed E-state index contributed by atoms with van der Waals surface area (Å²) in [6.45, 7) is 4.54. The number of anilines is 1. The maximum Gasteiger partial charge on any atom is 0.0931 e. The highest BCUT2D eigenvalue weighted by Gasteiger charge is 2.16. The second-order valence-corrected chi connectivity index (χ2v) is 5.05. The zero-order valence-corrected chi connectivity index (χ0v) is 11.2. The molecule has 1 aromatic heterocycles. The standard InChI is InChI=1S/C14H22N2O2/c1-11(17)14-4-3-13(9-15-14)16(2)10-12-5-7-18-8-6-12/h3-4,9,11-12,17H,5-8,10H2,1-2H3/t11-/m0/s1. The lowest BCUT2D eigenvalue weighted by atomic mass is 10.00. The molecule has 1 atom stereocenters. The molecule has 1 saturated heterocycles. The Labute approximate surface area is 109 Å². The lowest BCUT2D eigenvalue weighted by Gasteiger charge is -2.28. The Hall–Kier alpha value is -1.13. The average Bonchev–Trinajstić information content (AvgIpc) is 2.40. The summed E-state index contributed by atoms with van der Waals surface area (Å²) in [5.41, 5.74) is 1.82. The molecule has 1 aliphatic heterocycles. The molecular formula is C14H22N2O2. The van der Waals surface area contributed by atoms with Crippen LogP contribution >= 0.6 is 0 Å². The van der Waals surface area contributed by atoms with Gasteiger partial charge in [0.1, 0.15) is 0 Å². The Morgan fingerprint density at radius 2 is 2.17 bits per heavy atom. The zero-order chi connectivity index (χ0) is 13.0. The van der Waals surface area contributed by atoms with Gasteiger partial charge in [-0.1, -0.05) is 0 Å². The summed E-state index contributed by atoms with van der Waals surface area (Å²) in [5, 5.41) is 9.42. The van der Waals surface area contributed by atoms with Crippen molar-refractivity contribution in [2.75, 3.05) is 31.7 Å². The first kappa shape index (κ1) is 13.3. The molecule has 0 spiro atoms. The van der Waals surface area contributed by atoms with E-state index in [1.807, 2.05) is 18.3 Å². The third-order valence-corrected chi connectivity index (χ3v) is 3.51. The van der Waals surface area contributed by atoms with Gasteiger partial charge in [0.2, 0.25) is 0 Å². The fourth-order valence-electron chi connectivity index (χ4n) is 2.29. The van der Waals surface area contributed by atoms with Gasteiger partial charge >= 0.3 is 0 Å². The van der Waals surface area contributed by atoms with Crippen molar-refractivity contribution in [3.8, 4) is 0 Å². The highest BCUT2D eigenvalue weighted by atomic mass is 16.5. The van der Waals surface area contributed by atoms with E-state index < -0.39 is 6.10 Å². The van der Waals surface area contributed by atoms with Crippen LogP contribution < -0.4 is 4.90 Å². The quantitative estimate of drug-likeness (QED) is 0.887. The first-order chi connectivity index (χ1) is 8.66. The summed E-state index contributed by atoms with van der Waals surface area (Å²) in [6.07, 6.45) is 3.62. The third-order valence-electron chi connectivity index (χ3n) is 3.51. The zero-order valence-electron chi connectivity index (χ0n) is 11.2. The van der Waals surface area contributed by atoms with Gasteiger partial charge in [0.25, 0.3) is 0 Å².